The van der Waals surface area contributed by atoms with Crippen LogP contribution in [0.3, 0.4) is 0 Å². The van der Waals surface area contributed by atoms with Gasteiger partial charge in [0.15, 0.2) is 0 Å². The van der Waals surface area contributed by atoms with E-state index in [4.69, 9.17) is 4.18 Å². The van der Waals surface area contributed by atoms with Crippen LogP contribution in [0.4, 0.5) is 0 Å². The van der Waals surface area contributed by atoms with Crippen LogP contribution in [0, 0.1) is 46.3 Å². The van der Waals surface area contributed by atoms with Crippen molar-refractivity contribution >= 4 is 12.9 Å². The van der Waals surface area contributed by atoms with Gasteiger partial charge in [-0.3, -0.25) is 0 Å². The van der Waals surface area contributed by atoms with Gasteiger partial charge in [0.2, 0.25) is 0 Å². The summed E-state index contributed by atoms with van der Waals surface area (Å²) in [5.74, 6) is 5.82. The molecule has 0 heterocycles. The molecule has 0 bridgehead atoms. The van der Waals surface area contributed by atoms with E-state index in [1.54, 1.807) is 0 Å². The van der Waals surface area contributed by atoms with Gasteiger partial charge < -0.3 is 4.18 Å². The molecular weight excluding hydrogens is 360 g/mol. The van der Waals surface area contributed by atoms with Crippen molar-refractivity contribution < 1.29 is 4.18 Å². The zero-order valence-electron chi connectivity index (χ0n) is 19.1. The molecule has 0 aromatic carbocycles. The molecule has 0 radical (unpaired) electrons. The predicted octanol–water partition coefficient (Wildman–Crippen LogP) is 8.09. The molecule has 0 N–H and O–H groups in total. The van der Waals surface area contributed by atoms with Crippen LogP contribution < -0.4 is 0 Å². The predicted molar refractivity (Wildman–Crippen MR) is 122 cm³/mol. The topological polar surface area (TPSA) is 9.23 Å². The van der Waals surface area contributed by atoms with E-state index >= 15 is 0 Å². The maximum absolute atomic E-state index is 5.48. The fourth-order valence-corrected chi connectivity index (χ4v) is 9.03. The molecule has 4 aliphatic rings. The van der Waals surface area contributed by atoms with E-state index in [1.807, 2.05) is 0 Å². The van der Waals surface area contributed by atoms with Gasteiger partial charge in [-0.2, -0.15) is 0 Å². The lowest BCUT2D eigenvalue weighted by molar-refractivity contribution is -0.123. The second-order valence-corrected chi connectivity index (χ2v) is 12.4. The highest BCUT2D eigenvalue weighted by molar-refractivity contribution is 7.75. The largest absolute Gasteiger partial charge is 0.315 e. The van der Waals surface area contributed by atoms with E-state index in [0.29, 0.717) is 16.9 Å². The molecule has 0 spiro atoms. The molecule has 28 heavy (non-hydrogen) atoms. The van der Waals surface area contributed by atoms with Gasteiger partial charge in [0.05, 0.1) is 6.10 Å². The summed E-state index contributed by atoms with van der Waals surface area (Å²) in [6.07, 6.45) is 19.2. The van der Waals surface area contributed by atoms with Crippen LogP contribution in [-0.2, 0) is 4.18 Å². The molecule has 0 amide bonds. The Morgan fingerprint density at radius 3 is 2.39 bits per heavy atom. The van der Waals surface area contributed by atoms with Crippen LogP contribution in [0.2, 0.25) is 0 Å². The van der Waals surface area contributed by atoms with Crippen molar-refractivity contribution in [2.24, 2.45) is 46.3 Å². The molecule has 162 valence electrons. The Balaban J connectivity index is 1.42. The van der Waals surface area contributed by atoms with Crippen molar-refractivity contribution in [2.75, 3.05) is 0 Å². The number of fused-ring (bicyclic) bond motifs is 5. The molecule has 4 fully saturated rings. The van der Waals surface area contributed by atoms with Gasteiger partial charge in [0, 0.05) is 0 Å². The zero-order valence-corrected chi connectivity index (χ0v) is 20.0. The molecule has 2 heteroatoms. The Kier molecular flexibility index (Phi) is 6.50. The van der Waals surface area contributed by atoms with Gasteiger partial charge in [0.25, 0.3) is 0 Å². The molecule has 8 atom stereocenters. The molecule has 4 rings (SSSR count). The average Bonchev–Trinajstić information content (AvgIpc) is 3.01. The molecule has 4 aliphatic carbocycles. The molecule has 0 aliphatic heterocycles. The van der Waals surface area contributed by atoms with E-state index < -0.39 is 0 Å². The first-order valence-corrected chi connectivity index (χ1v) is 13.0. The van der Waals surface area contributed by atoms with Crippen molar-refractivity contribution in [3.8, 4) is 0 Å². The fraction of sp³-hybridized carbons (Fsp3) is 1.00. The Morgan fingerprint density at radius 2 is 1.64 bits per heavy atom. The third-order valence-corrected chi connectivity index (χ3v) is 10.8. The molecule has 0 aromatic rings. The average molecular weight is 407 g/mol. The number of unbranched alkanes of at least 4 members (excludes halogenated alkanes) is 1. The summed E-state index contributed by atoms with van der Waals surface area (Å²) in [5.41, 5.74) is 1.25. The zero-order chi connectivity index (χ0) is 19.9. The van der Waals surface area contributed by atoms with Crippen LogP contribution in [0.5, 0.6) is 0 Å². The highest BCUT2D eigenvalue weighted by atomic mass is 32.1. The van der Waals surface area contributed by atoms with Crippen molar-refractivity contribution in [3.05, 3.63) is 0 Å². The van der Waals surface area contributed by atoms with E-state index in [1.165, 1.54) is 83.5 Å². The molecule has 4 unspecified atom stereocenters. The van der Waals surface area contributed by atoms with Gasteiger partial charge in [-0.15, -0.1) is 0 Å². The normalized spacial score (nSPS) is 48.2. The Morgan fingerprint density at radius 1 is 0.893 bits per heavy atom. The van der Waals surface area contributed by atoms with Gasteiger partial charge in [0.1, 0.15) is 0 Å². The maximum atomic E-state index is 5.48. The third kappa shape index (κ3) is 3.72. The van der Waals surface area contributed by atoms with Gasteiger partial charge in [-0.1, -0.05) is 47.0 Å². The van der Waals surface area contributed by atoms with Gasteiger partial charge in [-0.05, 0) is 123 Å². The molecule has 0 aromatic heterocycles. The lowest BCUT2D eigenvalue weighted by atomic mass is 9.44. The Bertz CT molecular complexity index is 533. The third-order valence-electron chi connectivity index (χ3n) is 10.5. The monoisotopic (exact) mass is 406 g/mol. The first-order valence-electron chi connectivity index (χ1n) is 12.7. The number of rotatable bonds is 6. The first kappa shape index (κ1) is 21.5. The summed E-state index contributed by atoms with van der Waals surface area (Å²) >= 11 is 4.16. The van der Waals surface area contributed by atoms with Gasteiger partial charge >= 0.3 is 0 Å². The van der Waals surface area contributed by atoms with Crippen LogP contribution in [0.1, 0.15) is 111 Å². The Hall–Kier alpha value is 0.310. The highest BCUT2D eigenvalue weighted by Crippen LogP contribution is 2.68. The smallest absolute Gasteiger partial charge is 0.0722 e. The first-order chi connectivity index (χ1) is 13.4. The lowest BCUT2D eigenvalue weighted by Gasteiger charge is -2.61. The summed E-state index contributed by atoms with van der Waals surface area (Å²) in [5, 5.41) is 0. The lowest BCUT2D eigenvalue weighted by Crippen LogP contribution is -2.53. The summed E-state index contributed by atoms with van der Waals surface area (Å²) in [6, 6.07) is 0. The van der Waals surface area contributed by atoms with Gasteiger partial charge in [-0.25, -0.2) is 0 Å². The Labute approximate surface area is 180 Å². The minimum absolute atomic E-state index is 0.411. The van der Waals surface area contributed by atoms with Crippen molar-refractivity contribution in [2.45, 2.75) is 117 Å². The molecule has 4 saturated carbocycles. The second kappa shape index (κ2) is 8.45. The number of thiol groups is 1. The van der Waals surface area contributed by atoms with E-state index in [0.717, 1.165) is 35.5 Å². The van der Waals surface area contributed by atoms with Crippen molar-refractivity contribution in [1.82, 2.24) is 0 Å². The van der Waals surface area contributed by atoms with Crippen LogP contribution in [0.15, 0.2) is 0 Å². The standard InChI is InChI=1S/C26H46OS/c1-18(2)7-5-6-8-19-10-12-23-22-11-9-20-17-21(27-28)13-15-26(20,4)24(22)14-16-25(19,23)3/h18-24,28H,5-17H2,1-4H3/t19-,20?,21-,22?,23?,24?,25+,26-/m0/s1. The SMILES string of the molecule is CC(C)CCCC[C@H]1CCC2C3CCC4C[C@@H](OS)CC[C@]4(C)C3CC[C@@]21C. The fourth-order valence-electron chi connectivity index (χ4n) is 8.84. The summed E-state index contributed by atoms with van der Waals surface area (Å²) in [6.45, 7) is 10.1. The molecular formula is C26H46OS. The summed E-state index contributed by atoms with van der Waals surface area (Å²) in [4.78, 5) is 0. The van der Waals surface area contributed by atoms with Crippen molar-refractivity contribution in [1.29, 1.82) is 0 Å². The van der Waals surface area contributed by atoms with Crippen LogP contribution >= 0.6 is 12.9 Å². The molecule has 0 saturated heterocycles. The number of hydrogen-bond donors (Lipinski definition) is 1. The summed E-state index contributed by atoms with van der Waals surface area (Å²) < 4.78 is 5.48. The van der Waals surface area contributed by atoms with E-state index in [9.17, 15) is 0 Å². The van der Waals surface area contributed by atoms with Crippen LogP contribution in [-0.4, -0.2) is 6.10 Å². The minimum atomic E-state index is 0.411. The van der Waals surface area contributed by atoms with Crippen LogP contribution in [0.25, 0.3) is 0 Å². The quantitative estimate of drug-likeness (QED) is 0.266. The maximum Gasteiger partial charge on any atom is 0.0722 e. The summed E-state index contributed by atoms with van der Waals surface area (Å²) in [7, 11) is 0. The minimum Gasteiger partial charge on any atom is -0.315 e. The van der Waals surface area contributed by atoms with E-state index in [2.05, 4.69) is 40.6 Å². The second-order valence-electron chi connectivity index (χ2n) is 12.2. The highest BCUT2D eigenvalue weighted by Gasteiger charge is 2.59. The van der Waals surface area contributed by atoms with Crippen molar-refractivity contribution in [3.63, 3.8) is 0 Å². The molecule has 1 nitrogen and oxygen atoms in total. The van der Waals surface area contributed by atoms with E-state index in [-0.39, 0.29) is 0 Å². The number of hydrogen-bond acceptors (Lipinski definition) is 2.